The number of aryl methyl sites for hydroxylation is 1. The van der Waals surface area contributed by atoms with Crippen molar-refractivity contribution in [1.82, 2.24) is 9.88 Å². The van der Waals surface area contributed by atoms with E-state index in [0.717, 1.165) is 18.4 Å². The van der Waals surface area contributed by atoms with Gasteiger partial charge in [-0.25, -0.2) is 9.78 Å². The van der Waals surface area contributed by atoms with Gasteiger partial charge in [0, 0.05) is 24.2 Å². The van der Waals surface area contributed by atoms with Gasteiger partial charge in [0.15, 0.2) is 5.13 Å². The lowest BCUT2D eigenvalue weighted by Gasteiger charge is -2.31. The molecule has 1 aromatic heterocycles. The first kappa shape index (κ1) is 21.8. The number of piperidine rings is 1. The van der Waals surface area contributed by atoms with Crippen LogP contribution in [-0.2, 0) is 20.7 Å². The van der Waals surface area contributed by atoms with Crippen molar-refractivity contribution >= 4 is 40.1 Å². The lowest BCUT2D eigenvalue weighted by Crippen LogP contribution is -2.43. The highest BCUT2D eigenvalue weighted by Crippen LogP contribution is 2.21. The number of anilines is 2. The Kier molecular flexibility index (Phi) is 7.40. The molecule has 1 saturated heterocycles. The summed E-state index contributed by atoms with van der Waals surface area (Å²) in [5.74, 6) is -0.583. The Balaban J connectivity index is 1.50. The Labute approximate surface area is 179 Å². The predicted molar refractivity (Wildman–Crippen MR) is 116 cm³/mol. The van der Waals surface area contributed by atoms with Crippen molar-refractivity contribution in [2.75, 3.05) is 30.3 Å². The highest BCUT2D eigenvalue weighted by molar-refractivity contribution is 7.14. The Morgan fingerprint density at radius 2 is 2.00 bits per heavy atom. The lowest BCUT2D eigenvalue weighted by atomic mass is 9.98. The molecule has 0 saturated carbocycles. The van der Waals surface area contributed by atoms with Crippen LogP contribution in [0.3, 0.4) is 0 Å². The summed E-state index contributed by atoms with van der Waals surface area (Å²) < 4.78 is 5.08. The standard InChI is InChI=1S/C21H26N4O4S/c1-3-29-19(27)15-5-4-10-25(12-15)18(26)11-17-13-30-21(23-17)24-20(28)22-16-8-6-14(2)7-9-16/h6-9,13,15H,3-5,10-12H2,1-2H3,(H2,22,23,24,28). The highest BCUT2D eigenvalue weighted by atomic mass is 32.1. The fraction of sp³-hybridized carbons (Fsp3) is 0.429. The van der Waals surface area contributed by atoms with Crippen molar-refractivity contribution in [3.8, 4) is 0 Å². The number of aromatic nitrogens is 1. The molecule has 1 aromatic carbocycles. The molecule has 2 N–H and O–H groups in total. The molecule has 1 atom stereocenters. The summed E-state index contributed by atoms with van der Waals surface area (Å²) >= 11 is 1.26. The second-order valence-electron chi connectivity index (χ2n) is 7.20. The van der Waals surface area contributed by atoms with E-state index >= 15 is 0 Å². The van der Waals surface area contributed by atoms with E-state index in [1.54, 1.807) is 17.2 Å². The number of thiazole rings is 1. The Bertz CT molecular complexity index is 897. The molecule has 30 heavy (non-hydrogen) atoms. The molecule has 3 rings (SSSR count). The number of ether oxygens (including phenoxy) is 1. The number of hydrogen-bond acceptors (Lipinski definition) is 6. The molecule has 9 heteroatoms. The van der Waals surface area contributed by atoms with Crippen LogP contribution in [0.15, 0.2) is 29.6 Å². The average Bonchev–Trinajstić information content (AvgIpc) is 3.16. The quantitative estimate of drug-likeness (QED) is 0.684. The topological polar surface area (TPSA) is 101 Å². The first-order valence-corrected chi connectivity index (χ1v) is 10.9. The van der Waals surface area contributed by atoms with E-state index in [1.807, 2.05) is 31.2 Å². The fourth-order valence-electron chi connectivity index (χ4n) is 3.26. The molecule has 1 fully saturated rings. The summed E-state index contributed by atoms with van der Waals surface area (Å²) in [7, 11) is 0. The van der Waals surface area contributed by atoms with Crippen molar-refractivity contribution < 1.29 is 19.1 Å². The summed E-state index contributed by atoms with van der Waals surface area (Å²) in [6.45, 7) is 5.10. The van der Waals surface area contributed by atoms with Gasteiger partial charge in [0.2, 0.25) is 5.91 Å². The minimum atomic E-state index is -0.389. The second-order valence-corrected chi connectivity index (χ2v) is 8.05. The summed E-state index contributed by atoms with van der Waals surface area (Å²) in [5.41, 5.74) is 2.39. The van der Waals surface area contributed by atoms with E-state index in [9.17, 15) is 14.4 Å². The monoisotopic (exact) mass is 430 g/mol. The summed E-state index contributed by atoms with van der Waals surface area (Å²) in [4.78, 5) is 42.7. The summed E-state index contributed by atoms with van der Waals surface area (Å²) in [6, 6.07) is 7.08. The molecule has 0 spiro atoms. The first-order valence-electron chi connectivity index (χ1n) is 9.98. The van der Waals surface area contributed by atoms with Gasteiger partial charge in [0.25, 0.3) is 0 Å². The number of carbonyl (C=O) groups excluding carboxylic acids is 3. The number of nitrogens with zero attached hydrogens (tertiary/aromatic N) is 2. The van der Waals surface area contributed by atoms with E-state index < -0.39 is 0 Å². The van der Waals surface area contributed by atoms with Crippen LogP contribution < -0.4 is 10.6 Å². The van der Waals surface area contributed by atoms with Gasteiger partial charge in [-0.05, 0) is 38.8 Å². The average molecular weight is 431 g/mol. The number of amides is 3. The molecule has 0 radical (unpaired) electrons. The molecule has 1 aliphatic rings. The molecule has 0 bridgehead atoms. The molecular formula is C21H26N4O4S. The molecule has 1 unspecified atom stereocenters. The van der Waals surface area contributed by atoms with E-state index in [1.165, 1.54) is 11.3 Å². The van der Waals surface area contributed by atoms with Gasteiger partial charge in [0.05, 0.1) is 24.6 Å². The number of rotatable bonds is 6. The van der Waals surface area contributed by atoms with Crippen LogP contribution in [0.2, 0.25) is 0 Å². The van der Waals surface area contributed by atoms with Gasteiger partial charge in [0.1, 0.15) is 0 Å². The van der Waals surface area contributed by atoms with Crippen molar-refractivity contribution in [2.45, 2.75) is 33.1 Å². The third-order valence-electron chi connectivity index (χ3n) is 4.81. The van der Waals surface area contributed by atoms with Crippen LogP contribution in [0, 0.1) is 12.8 Å². The number of nitrogens with one attached hydrogen (secondary N) is 2. The number of carbonyl (C=O) groups is 3. The predicted octanol–water partition coefficient (Wildman–Crippen LogP) is 3.44. The molecule has 8 nitrogen and oxygen atoms in total. The van der Waals surface area contributed by atoms with Crippen molar-refractivity contribution in [1.29, 1.82) is 0 Å². The van der Waals surface area contributed by atoms with Gasteiger partial charge >= 0.3 is 12.0 Å². The molecule has 0 aliphatic carbocycles. The Morgan fingerprint density at radius 1 is 1.23 bits per heavy atom. The number of benzene rings is 1. The van der Waals surface area contributed by atoms with Gasteiger partial charge in [-0.3, -0.25) is 14.9 Å². The Morgan fingerprint density at radius 3 is 2.73 bits per heavy atom. The van der Waals surface area contributed by atoms with Crippen LogP contribution in [0.4, 0.5) is 15.6 Å². The molecule has 2 aromatic rings. The fourth-order valence-corrected chi connectivity index (χ4v) is 3.97. The van der Waals surface area contributed by atoms with Gasteiger partial charge < -0.3 is 15.0 Å². The van der Waals surface area contributed by atoms with Crippen molar-refractivity contribution in [3.63, 3.8) is 0 Å². The Hall–Kier alpha value is -2.94. The number of urea groups is 1. The third-order valence-corrected chi connectivity index (χ3v) is 5.61. The largest absolute Gasteiger partial charge is 0.466 e. The minimum absolute atomic E-state index is 0.0787. The van der Waals surface area contributed by atoms with E-state index in [2.05, 4.69) is 15.6 Å². The maximum atomic E-state index is 12.6. The van der Waals surface area contributed by atoms with Gasteiger partial charge in [-0.2, -0.15) is 0 Å². The van der Waals surface area contributed by atoms with Crippen LogP contribution in [0.5, 0.6) is 0 Å². The van der Waals surface area contributed by atoms with Crippen molar-refractivity contribution in [3.05, 3.63) is 40.9 Å². The maximum Gasteiger partial charge on any atom is 0.325 e. The highest BCUT2D eigenvalue weighted by Gasteiger charge is 2.29. The third kappa shape index (κ3) is 6.03. The van der Waals surface area contributed by atoms with Crippen LogP contribution in [0.1, 0.15) is 31.0 Å². The lowest BCUT2D eigenvalue weighted by molar-refractivity contribution is -0.151. The molecule has 3 amide bonds. The SMILES string of the molecule is CCOC(=O)C1CCCN(C(=O)Cc2csc(NC(=O)Nc3ccc(C)cc3)n2)C1. The molecule has 1 aliphatic heterocycles. The van der Waals surface area contributed by atoms with Gasteiger partial charge in [-0.1, -0.05) is 17.7 Å². The van der Waals surface area contributed by atoms with Crippen LogP contribution in [-0.4, -0.2) is 47.5 Å². The molecule has 160 valence electrons. The van der Waals surface area contributed by atoms with E-state index in [4.69, 9.17) is 4.74 Å². The van der Waals surface area contributed by atoms with Crippen LogP contribution >= 0.6 is 11.3 Å². The maximum absolute atomic E-state index is 12.6. The normalized spacial score (nSPS) is 16.1. The summed E-state index contributed by atoms with van der Waals surface area (Å²) in [5, 5.41) is 7.61. The van der Waals surface area contributed by atoms with E-state index in [0.29, 0.717) is 36.2 Å². The molecular weight excluding hydrogens is 404 g/mol. The summed E-state index contributed by atoms with van der Waals surface area (Å²) in [6.07, 6.45) is 1.65. The molecule has 2 heterocycles. The number of likely N-dealkylation sites (tertiary alicyclic amines) is 1. The van der Waals surface area contributed by atoms with E-state index in [-0.39, 0.29) is 30.2 Å². The first-order chi connectivity index (χ1) is 14.4. The number of hydrogen-bond donors (Lipinski definition) is 2. The number of esters is 1. The zero-order valence-corrected chi connectivity index (χ0v) is 18.0. The van der Waals surface area contributed by atoms with Crippen LogP contribution in [0.25, 0.3) is 0 Å². The minimum Gasteiger partial charge on any atom is -0.466 e. The zero-order chi connectivity index (χ0) is 21.5. The smallest absolute Gasteiger partial charge is 0.325 e. The van der Waals surface area contributed by atoms with Crippen molar-refractivity contribution in [2.24, 2.45) is 5.92 Å². The zero-order valence-electron chi connectivity index (χ0n) is 17.1. The second kappa shape index (κ2) is 10.2. The van der Waals surface area contributed by atoms with Gasteiger partial charge in [-0.15, -0.1) is 11.3 Å².